The van der Waals surface area contributed by atoms with Crippen molar-refractivity contribution in [2.75, 3.05) is 0 Å². The lowest BCUT2D eigenvalue weighted by Crippen LogP contribution is -1.92. The summed E-state index contributed by atoms with van der Waals surface area (Å²) >= 11 is 0. The molecular weight excluding hydrogens is 172 g/mol. The van der Waals surface area contributed by atoms with E-state index in [1.807, 2.05) is 6.92 Å². The molecule has 0 amide bonds. The first kappa shape index (κ1) is 11.2. The summed E-state index contributed by atoms with van der Waals surface area (Å²) in [5.41, 5.74) is 1.09. The molecule has 0 spiro atoms. The van der Waals surface area contributed by atoms with E-state index in [1.54, 1.807) is 0 Å². The van der Waals surface area contributed by atoms with Crippen molar-refractivity contribution in [2.24, 2.45) is 5.92 Å². The highest BCUT2D eigenvalue weighted by atomic mass is 16.3. The summed E-state index contributed by atoms with van der Waals surface area (Å²) in [6.45, 7) is 4.20. The molecule has 0 fully saturated rings. The van der Waals surface area contributed by atoms with Gasteiger partial charge in [-0.1, -0.05) is 25.7 Å². The molecule has 1 atom stereocenters. The number of hydrogen-bond donors (Lipinski definition) is 1. The van der Waals surface area contributed by atoms with Gasteiger partial charge in [-0.2, -0.15) is 0 Å². The molecule has 0 radical (unpaired) electrons. The van der Waals surface area contributed by atoms with Crippen LogP contribution in [0.15, 0.2) is 11.3 Å². The summed E-state index contributed by atoms with van der Waals surface area (Å²) < 4.78 is 0. The summed E-state index contributed by atoms with van der Waals surface area (Å²) in [7, 11) is 0. The minimum absolute atomic E-state index is 0.330. The Morgan fingerprint density at radius 3 is 2.79 bits per heavy atom. The summed E-state index contributed by atoms with van der Waals surface area (Å²) in [6.07, 6.45) is 6.59. The molecule has 1 aliphatic carbocycles. The van der Waals surface area contributed by atoms with Gasteiger partial charge in [-0.05, 0) is 25.3 Å². The third-order valence-electron chi connectivity index (χ3n) is 2.83. The van der Waals surface area contributed by atoms with Crippen LogP contribution in [0.4, 0.5) is 0 Å². The van der Waals surface area contributed by atoms with Crippen LogP contribution in [0.3, 0.4) is 0 Å². The van der Waals surface area contributed by atoms with E-state index in [-0.39, 0.29) is 0 Å². The highest BCUT2D eigenvalue weighted by molar-refractivity contribution is 5.25. The van der Waals surface area contributed by atoms with Crippen LogP contribution in [0.5, 0.6) is 0 Å². The Morgan fingerprint density at radius 2 is 2.21 bits per heavy atom. The summed E-state index contributed by atoms with van der Waals surface area (Å²) in [6, 6.07) is 0. The van der Waals surface area contributed by atoms with Crippen LogP contribution in [-0.2, 0) is 0 Å². The highest BCUT2D eigenvalue weighted by Crippen LogP contribution is 2.29. The molecule has 14 heavy (non-hydrogen) atoms. The fourth-order valence-corrected chi connectivity index (χ4v) is 1.74. The highest BCUT2D eigenvalue weighted by Gasteiger charge is 2.19. The first-order chi connectivity index (χ1) is 6.75. The summed E-state index contributed by atoms with van der Waals surface area (Å²) in [5, 5.41) is 9.42. The van der Waals surface area contributed by atoms with Gasteiger partial charge in [-0.15, -0.1) is 5.92 Å². The first-order valence-electron chi connectivity index (χ1n) is 5.62. The van der Waals surface area contributed by atoms with Crippen LogP contribution >= 0.6 is 0 Å². The van der Waals surface area contributed by atoms with Gasteiger partial charge in [0.15, 0.2) is 0 Å². The second kappa shape index (κ2) is 5.75. The van der Waals surface area contributed by atoms with E-state index in [0.717, 1.165) is 24.8 Å². The van der Waals surface area contributed by atoms with Gasteiger partial charge in [-0.25, -0.2) is 0 Å². The van der Waals surface area contributed by atoms with Gasteiger partial charge in [0.1, 0.15) is 0 Å². The molecule has 1 N–H and O–H groups in total. The molecule has 1 nitrogen and oxygen atoms in total. The van der Waals surface area contributed by atoms with E-state index in [2.05, 4.69) is 18.8 Å². The Labute approximate surface area is 87.2 Å². The molecular formula is C13H20O. The minimum atomic E-state index is 0.330. The van der Waals surface area contributed by atoms with Gasteiger partial charge < -0.3 is 5.11 Å². The molecule has 78 valence electrons. The number of rotatable bonds is 3. The summed E-state index contributed by atoms with van der Waals surface area (Å²) in [4.78, 5) is 0. The summed E-state index contributed by atoms with van der Waals surface area (Å²) in [5.74, 6) is 7.37. The number of aliphatic hydroxyl groups is 1. The maximum atomic E-state index is 9.42. The van der Waals surface area contributed by atoms with E-state index in [9.17, 15) is 5.11 Å². The van der Waals surface area contributed by atoms with Gasteiger partial charge >= 0.3 is 0 Å². The van der Waals surface area contributed by atoms with Crippen molar-refractivity contribution in [3.63, 3.8) is 0 Å². The van der Waals surface area contributed by atoms with E-state index in [0.29, 0.717) is 11.7 Å². The van der Waals surface area contributed by atoms with Crippen LogP contribution in [0.1, 0.15) is 52.4 Å². The van der Waals surface area contributed by atoms with Gasteiger partial charge in [-0.3, -0.25) is 0 Å². The Hall–Kier alpha value is -0.900. The Balaban J connectivity index is 2.30. The van der Waals surface area contributed by atoms with E-state index in [4.69, 9.17) is 0 Å². The molecule has 1 heteroatoms. The molecule has 1 unspecified atom stereocenters. The van der Waals surface area contributed by atoms with Gasteiger partial charge in [0, 0.05) is 18.8 Å². The van der Waals surface area contributed by atoms with Crippen LogP contribution in [0, 0.1) is 17.8 Å². The van der Waals surface area contributed by atoms with Crippen LogP contribution < -0.4 is 0 Å². The van der Waals surface area contributed by atoms with Crippen molar-refractivity contribution in [1.29, 1.82) is 0 Å². The third-order valence-corrected chi connectivity index (χ3v) is 2.83. The molecule has 0 aromatic carbocycles. The predicted octanol–water partition coefficient (Wildman–Crippen LogP) is 3.81. The first-order valence-corrected chi connectivity index (χ1v) is 5.62. The Kier molecular flexibility index (Phi) is 4.59. The lowest BCUT2D eigenvalue weighted by atomic mass is 10.0. The average molecular weight is 192 g/mol. The SMILES string of the molecule is CCCCCC#CC1CCC(O)=C1C. The number of aliphatic hydroxyl groups excluding tert-OH is 1. The molecule has 0 saturated heterocycles. The van der Waals surface area contributed by atoms with Crippen molar-refractivity contribution in [1.82, 2.24) is 0 Å². The standard InChI is InChI=1S/C13H20O/c1-3-4-5-6-7-8-12-9-10-13(14)11(12)2/h12,14H,3-6,9-10H2,1-2H3. The van der Waals surface area contributed by atoms with Gasteiger partial charge in [0.05, 0.1) is 5.76 Å². The zero-order valence-corrected chi connectivity index (χ0v) is 9.27. The molecule has 1 rings (SSSR count). The van der Waals surface area contributed by atoms with Crippen molar-refractivity contribution in [2.45, 2.75) is 52.4 Å². The number of unbranched alkanes of at least 4 members (excludes halogenated alkanes) is 3. The van der Waals surface area contributed by atoms with Crippen molar-refractivity contribution in [3.05, 3.63) is 11.3 Å². The van der Waals surface area contributed by atoms with Crippen LogP contribution in [0.25, 0.3) is 0 Å². The van der Waals surface area contributed by atoms with Gasteiger partial charge in [0.2, 0.25) is 0 Å². The fraction of sp³-hybridized carbons (Fsp3) is 0.692. The second-order valence-corrected chi connectivity index (χ2v) is 4.00. The largest absolute Gasteiger partial charge is 0.512 e. The molecule has 0 aromatic rings. The smallest absolute Gasteiger partial charge is 0.0924 e. The molecule has 0 aliphatic heterocycles. The molecule has 0 bridgehead atoms. The fourth-order valence-electron chi connectivity index (χ4n) is 1.74. The van der Waals surface area contributed by atoms with Gasteiger partial charge in [0.25, 0.3) is 0 Å². The molecule has 0 heterocycles. The van der Waals surface area contributed by atoms with E-state index >= 15 is 0 Å². The van der Waals surface area contributed by atoms with Crippen LogP contribution in [-0.4, -0.2) is 5.11 Å². The lowest BCUT2D eigenvalue weighted by Gasteiger charge is -2.00. The quantitative estimate of drug-likeness (QED) is 0.532. The molecule has 0 aromatic heterocycles. The lowest BCUT2D eigenvalue weighted by molar-refractivity contribution is 0.393. The van der Waals surface area contributed by atoms with Crippen molar-refractivity contribution >= 4 is 0 Å². The maximum Gasteiger partial charge on any atom is 0.0924 e. The Morgan fingerprint density at radius 1 is 1.43 bits per heavy atom. The topological polar surface area (TPSA) is 20.2 Å². The second-order valence-electron chi connectivity index (χ2n) is 4.00. The third kappa shape index (κ3) is 3.10. The zero-order chi connectivity index (χ0) is 10.4. The Bertz CT molecular complexity index is 265. The van der Waals surface area contributed by atoms with Crippen LogP contribution in [0.2, 0.25) is 0 Å². The average Bonchev–Trinajstić information content (AvgIpc) is 2.49. The van der Waals surface area contributed by atoms with Crippen molar-refractivity contribution < 1.29 is 5.11 Å². The molecule has 1 aliphatic rings. The zero-order valence-electron chi connectivity index (χ0n) is 9.27. The minimum Gasteiger partial charge on any atom is -0.512 e. The monoisotopic (exact) mass is 192 g/mol. The number of hydrogen-bond acceptors (Lipinski definition) is 1. The van der Waals surface area contributed by atoms with E-state index < -0.39 is 0 Å². The predicted molar refractivity (Wildman–Crippen MR) is 60.0 cm³/mol. The van der Waals surface area contributed by atoms with Crippen molar-refractivity contribution in [3.8, 4) is 11.8 Å². The normalized spacial score (nSPS) is 20.9. The maximum absolute atomic E-state index is 9.42. The number of allylic oxidation sites excluding steroid dienone is 2. The molecule has 0 saturated carbocycles. The van der Waals surface area contributed by atoms with E-state index in [1.165, 1.54) is 19.3 Å².